The van der Waals surface area contributed by atoms with Gasteiger partial charge in [0.1, 0.15) is 15.7 Å². The third-order valence-corrected chi connectivity index (χ3v) is 5.75. The van der Waals surface area contributed by atoms with Crippen molar-refractivity contribution in [2.45, 2.75) is 31.1 Å². The van der Waals surface area contributed by atoms with Crippen LogP contribution < -0.4 is 14.8 Å². The largest absolute Gasteiger partial charge is 0.495 e. The van der Waals surface area contributed by atoms with Crippen molar-refractivity contribution >= 4 is 32.4 Å². The number of nitrogens with one attached hydrogen (secondary N) is 2. The zero-order valence-electron chi connectivity index (χ0n) is 14.2. The number of carbonyl (C=O) groups excluding carboxylic acids is 1. The lowest BCUT2D eigenvalue weighted by Crippen LogP contribution is -2.20. The average Bonchev–Trinajstić information content (AvgIpc) is 3.06. The summed E-state index contributed by atoms with van der Waals surface area (Å²) in [7, 11) is -1.10. The standard InChI is InChI=1S/C15H20N4O4S2/c1-4-5-6-13-18-19-15(24-13)17-14(20)10-7-8-11(23-3)12(9-10)25(21,22)16-2/h7-9,16H,4-6H2,1-3H3,(H,17,19,20). The number of aromatic nitrogens is 2. The van der Waals surface area contributed by atoms with Crippen LogP contribution in [0.3, 0.4) is 0 Å². The van der Waals surface area contributed by atoms with E-state index in [-0.39, 0.29) is 16.2 Å². The first kappa shape index (κ1) is 19.3. The predicted octanol–water partition coefficient (Wildman–Crippen LogP) is 2.05. The minimum absolute atomic E-state index is 0.106. The highest BCUT2D eigenvalue weighted by Gasteiger charge is 2.20. The summed E-state index contributed by atoms with van der Waals surface area (Å²) in [6, 6.07) is 4.19. The van der Waals surface area contributed by atoms with E-state index in [1.807, 2.05) is 0 Å². The molecule has 8 nitrogen and oxygen atoms in total. The van der Waals surface area contributed by atoms with Crippen LogP contribution in [0.4, 0.5) is 5.13 Å². The van der Waals surface area contributed by atoms with E-state index in [1.54, 1.807) is 0 Å². The molecule has 0 aliphatic carbocycles. The number of benzene rings is 1. The molecule has 0 saturated heterocycles. The second-order valence-electron chi connectivity index (χ2n) is 5.13. The highest BCUT2D eigenvalue weighted by atomic mass is 32.2. The van der Waals surface area contributed by atoms with E-state index >= 15 is 0 Å². The maximum absolute atomic E-state index is 12.4. The van der Waals surface area contributed by atoms with Crippen LogP contribution in [0.5, 0.6) is 5.75 Å². The van der Waals surface area contributed by atoms with Gasteiger partial charge in [0.05, 0.1) is 7.11 Å². The number of sulfonamides is 1. The molecule has 2 N–H and O–H groups in total. The minimum atomic E-state index is -3.76. The number of hydrogen-bond acceptors (Lipinski definition) is 7. The predicted molar refractivity (Wildman–Crippen MR) is 95.7 cm³/mol. The average molecular weight is 384 g/mol. The maximum Gasteiger partial charge on any atom is 0.257 e. The second kappa shape index (κ2) is 8.37. The van der Waals surface area contributed by atoms with Gasteiger partial charge in [-0.3, -0.25) is 10.1 Å². The Morgan fingerprint density at radius 1 is 1.32 bits per heavy atom. The summed E-state index contributed by atoms with van der Waals surface area (Å²) >= 11 is 1.31. The molecule has 0 atom stereocenters. The normalized spacial score (nSPS) is 11.3. The third-order valence-electron chi connectivity index (χ3n) is 3.42. The molecule has 0 aliphatic rings. The van der Waals surface area contributed by atoms with Crippen LogP contribution in [0.1, 0.15) is 35.1 Å². The number of carbonyl (C=O) groups is 1. The molecule has 0 radical (unpaired) electrons. The van der Waals surface area contributed by atoms with Crippen molar-refractivity contribution in [1.82, 2.24) is 14.9 Å². The van der Waals surface area contributed by atoms with Crippen molar-refractivity contribution < 1.29 is 17.9 Å². The van der Waals surface area contributed by atoms with Crippen LogP contribution in [-0.2, 0) is 16.4 Å². The molecule has 0 aliphatic heterocycles. The molecule has 0 spiro atoms. The van der Waals surface area contributed by atoms with Crippen molar-refractivity contribution in [3.05, 3.63) is 28.8 Å². The summed E-state index contributed by atoms with van der Waals surface area (Å²) in [5, 5.41) is 11.8. The Balaban J connectivity index is 2.22. The summed E-state index contributed by atoms with van der Waals surface area (Å²) < 4.78 is 31.4. The third kappa shape index (κ3) is 4.74. The van der Waals surface area contributed by atoms with E-state index in [9.17, 15) is 13.2 Å². The highest BCUT2D eigenvalue weighted by Crippen LogP contribution is 2.25. The molecular formula is C15H20N4O4S2. The van der Waals surface area contributed by atoms with Crippen molar-refractivity contribution in [1.29, 1.82) is 0 Å². The highest BCUT2D eigenvalue weighted by molar-refractivity contribution is 7.89. The quantitative estimate of drug-likeness (QED) is 0.721. The molecule has 0 unspecified atom stereocenters. The van der Waals surface area contributed by atoms with Crippen LogP contribution in [0, 0.1) is 0 Å². The minimum Gasteiger partial charge on any atom is -0.495 e. The molecule has 1 amide bonds. The summed E-state index contributed by atoms with van der Waals surface area (Å²) in [6.45, 7) is 2.09. The maximum atomic E-state index is 12.4. The van der Waals surface area contributed by atoms with Crippen molar-refractivity contribution in [3.8, 4) is 5.75 Å². The van der Waals surface area contributed by atoms with E-state index in [0.717, 1.165) is 24.3 Å². The van der Waals surface area contributed by atoms with E-state index in [0.29, 0.717) is 5.13 Å². The van der Waals surface area contributed by atoms with Crippen LogP contribution in [0.15, 0.2) is 23.1 Å². The SMILES string of the molecule is CCCCc1nnc(NC(=O)c2ccc(OC)c(S(=O)(=O)NC)c2)s1. The first-order valence-electron chi connectivity index (χ1n) is 7.66. The molecule has 0 fully saturated rings. The van der Waals surface area contributed by atoms with Gasteiger partial charge in [0, 0.05) is 12.0 Å². The van der Waals surface area contributed by atoms with Crippen LogP contribution in [-0.4, -0.2) is 38.7 Å². The zero-order valence-corrected chi connectivity index (χ0v) is 15.8. The van der Waals surface area contributed by atoms with E-state index < -0.39 is 15.9 Å². The molecule has 1 aromatic carbocycles. The Morgan fingerprint density at radius 2 is 2.08 bits per heavy atom. The Hall–Kier alpha value is -2.04. The van der Waals surface area contributed by atoms with Crippen molar-refractivity contribution in [3.63, 3.8) is 0 Å². The molecule has 0 bridgehead atoms. The monoisotopic (exact) mass is 384 g/mol. The molecule has 1 heterocycles. The fraction of sp³-hybridized carbons (Fsp3) is 0.400. The fourth-order valence-corrected chi connectivity index (χ4v) is 3.74. The Morgan fingerprint density at radius 3 is 2.72 bits per heavy atom. The van der Waals surface area contributed by atoms with E-state index in [1.165, 1.54) is 43.7 Å². The Bertz CT molecular complexity index is 849. The Kier molecular flexibility index (Phi) is 6.45. The summed E-state index contributed by atoms with van der Waals surface area (Å²) in [4.78, 5) is 12.3. The molecule has 10 heteroatoms. The number of anilines is 1. The van der Waals surface area contributed by atoms with Crippen molar-refractivity contribution in [2.75, 3.05) is 19.5 Å². The van der Waals surface area contributed by atoms with E-state index in [4.69, 9.17) is 4.74 Å². The molecule has 25 heavy (non-hydrogen) atoms. The van der Waals surface area contributed by atoms with Gasteiger partial charge < -0.3 is 4.74 Å². The smallest absolute Gasteiger partial charge is 0.257 e. The summed E-state index contributed by atoms with van der Waals surface area (Å²) in [6.07, 6.45) is 2.87. The first-order chi connectivity index (χ1) is 11.9. The van der Waals surface area contributed by atoms with E-state index in [2.05, 4.69) is 27.2 Å². The number of amides is 1. The lowest BCUT2D eigenvalue weighted by atomic mass is 10.2. The molecule has 1 aromatic heterocycles. The van der Waals surface area contributed by atoms with Crippen LogP contribution in [0.2, 0.25) is 0 Å². The number of hydrogen-bond donors (Lipinski definition) is 2. The van der Waals surface area contributed by atoms with Crippen LogP contribution in [0.25, 0.3) is 0 Å². The van der Waals surface area contributed by atoms with Gasteiger partial charge in [-0.15, -0.1) is 10.2 Å². The number of ether oxygens (including phenoxy) is 1. The first-order valence-corrected chi connectivity index (χ1v) is 9.96. The summed E-state index contributed by atoms with van der Waals surface area (Å²) in [5.74, 6) is -0.308. The van der Waals surface area contributed by atoms with Gasteiger partial charge in [-0.1, -0.05) is 24.7 Å². The number of rotatable bonds is 8. The molecule has 2 aromatic rings. The summed E-state index contributed by atoms with van der Waals surface area (Å²) in [5.41, 5.74) is 0.180. The van der Waals surface area contributed by atoms with Gasteiger partial charge in [0.15, 0.2) is 0 Å². The lowest BCUT2D eigenvalue weighted by Gasteiger charge is -2.10. The number of aryl methyl sites for hydroxylation is 1. The van der Waals surface area contributed by atoms with Gasteiger partial charge in [0.2, 0.25) is 15.2 Å². The lowest BCUT2D eigenvalue weighted by molar-refractivity contribution is 0.102. The van der Waals surface area contributed by atoms with Gasteiger partial charge in [-0.2, -0.15) is 0 Å². The van der Waals surface area contributed by atoms with Gasteiger partial charge in [0.25, 0.3) is 5.91 Å². The molecular weight excluding hydrogens is 364 g/mol. The topological polar surface area (TPSA) is 110 Å². The number of nitrogens with zero attached hydrogens (tertiary/aromatic N) is 2. The number of methoxy groups -OCH3 is 1. The molecule has 136 valence electrons. The molecule has 2 rings (SSSR count). The van der Waals surface area contributed by atoms with Gasteiger partial charge >= 0.3 is 0 Å². The van der Waals surface area contributed by atoms with Crippen LogP contribution >= 0.6 is 11.3 Å². The van der Waals surface area contributed by atoms with Gasteiger partial charge in [-0.05, 0) is 31.7 Å². The molecule has 0 saturated carbocycles. The second-order valence-corrected chi connectivity index (χ2v) is 8.05. The fourth-order valence-electron chi connectivity index (χ4n) is 2.04. The van der Waals surface area contributed by atoms with Crippen molar-refractivity contribution in [2.24, 2.45) is 0 Å². The zero-order chi connectivity index (χ0) is 18.4. The Labute approximate surface area is 150 Å². The number of unbranched alkanes of at least 4 members (excludes halogenated alkanes) is 1. The van der Waals surface area contributed by atoms with Gasteiger partial charge in [-0.25, -0.2) is 13.1 Å².